The number of hydrogen-bond acceptors (Lipinski definition) is 8. The molecule has 40 heavy (non-hydrogen) atoms. The highest BCUT2D eigenvalue weighted by atomic mass is 16.5. The average molecular weight is 547 g/mol. The number of piperidine rings is 1. The molecule has 3 aromatic rings. The third kappa shape index (κ3) is 5.32. The number of amides is 1. The van der Waals surface area contributed by atoms with E-state index in [4.69, 9.17) is 14.8 Å². The summed E-state index contributed by atoms with van der Waals surface area (Å²) in [6, 6.07) is 5.33. The van der Waals surface area contributed by atoms with Crippen molar-refractivity contribution in [2.45, 2.75) is 91.0 Å². The summed E-state index contributed by atoms with van der Waals surface area (Å²) in [5, 5.41) is 28.7. The summed E-state index contributed by atoms with van der Waals surface area (Å²) in [7, 11) is 0. The molecular weight excluding hydrogens is 508 g/mol. The number of anilines is 1. The third-order valence-electron chi connectivity index (χ3n) is 7.84. The first-order valence-electron chi connectivity index (χ1n) is 14.1. The van der Waals surface area contributed by atoms with Crippen molar-refractivity contribution >= 4 is 23.1 Å². The van der Waals surface area contributed by atoms with E-state index in [2.05, 4.69) is 56.0 Å². The van der Waals surface area contributed by atoms with Crippen molar-refractivity contribution in [2.24, 2.45) is 5.41 Å². The Morgan fingerprint density at radius 2 is 1.98 bits per heavy atom. The van der Waals surface area contributed by atoms with Gasteiger partial charge in [0.25, 0.3) is 0 Å². The second-order valence-electron chi connectivity index (χ2n) is 12.1. The average Bonchev–Trinajstić information content (AvgIpc) is 3.31. The monoisotopic (exact) mass is 546 g/mol. The van der Waals surface area contributed by atoms with Gasteiger partial charge in [-0.2, -0.15) is 10.4 Å². The summed E-state index contributed by atoms with van der Waals surface area (Å²) in [6.45, 7) is 11.5. The van der Waals surface area contributed by atoms with Crippen LogP contribution in [-0.2, 0) is 4.74 Å². The van der Waals surface area contributed by atoms with Crippen molar-refractivity contribution in [1.82, 2.24) is 29.6 Å². The van der Waals surface area contributed by atoms with Crippen LogP contribution in [-0.4, -0.2) is 66.1 Å². The molecule has 2 saturated heterocycles. The molecule has 2 N–H and O–H groups in total. The van der Waals surface area contributed by atoms with Crippen LogP contribution in [0.5, 0.6) is 0 Å². The van der Waals surface area contributed by atoms with E-state index in [9.17, 15) is 15.2 Å². The smallest absolute Gasteiger partial charge is 0.407 e. The zero-order chi connectivity index (χ0) is 28.6. The molecule has 11 nitrogen and oxygen atoms in total. The van der Waals surface area contributed by atoms with Gasteiger partial charge < -0.3 is 20.1 Å². The number of nitriles is 1. The lowest BCUT2D eigenvalue weighted by Crippen LogP contribution is -2.58. The summed E-state index contributed by atoms with van der Waals surface area (Å²) in [4.78, 5) is 27.9. The van der Waals surface area contributed by atoms with E-state index >= 15 is 0 Å². The van der Waals surface area contributed by atoms with Crippen molar-refractivity contribution in [2.75, 3.05) is 18.5 Å². The number of likely N-dealkylation sites (tertiary alicyclic amines) is 1. The Bertz CT molecular complexity index is 1430. The second kappa shape index (κ2) is 11.0. The minimum atomic E-state index is -0.908. The van der Waals surface area contributed by atoms with E-state index in [-0.39, 0.29) is 29.6 Å². The lowest BCUT2D eigenvalue weighted by Gasteiger charge is -2.46. The molecule has 0 aliphatic carbocycles. The maximum absolute atomic E-state index is 12.1. The highest BCUT2D eigenvalue weighted by Crippen LogP contribution is 2.37. The zero-order valence-electron chi connectivity index (χ0n) is 23.9. The van der Waals surface area contributed by atoms with Crippen molar-refractivity contribution in [3.8, 4) is 17.5 Å². The standard InChI is InChI=1S/C29H38N8O3/c1-17(2)20-16-31-27(33-21-9-8-13-36(28(38)39)25(21)29(3,4)5)34-23(20)24-19-12-11-18(15-30)32-26(19)37(35-24)22-10-6-7-14-40-22/h11-12,16-17,21-22,25H,6-10,13-14H2,1-5H3,(H,38,39)(H,31,33,34)/t21-,22?,25?/m0/s1. The fourth-order valence-corrected chi connectivity index (χ4v) is 6.04. The molecule has 2 aliphatic rings. The van der Waals surface area contributed by atoms with Crippen LogP contribution in [0.3, 0.4) is 0 Å². The van der Waals surface area contributed by atoms with E-state index < -0.39 is 6.09 Å². The van der Waals surface area contributed by atoms with Gasteiger partial charge in [0.2, 0.25) is 5.95 Å². The van der Waals surface area contributed by atoms with Gasteiger partial charge in [0, 0.05) is 30.3 Å². The second-order valence-corrected chi connectivity index (χ2v) is 12.1. The fraction of sp³-hybridized carbons (Fsp3) is 0.586. The van der Waals surface area contributed by atoms with E-state index in [1.807, 2.05) is 12.3 Å². The Balaban J connectivity index is 1.60. The molecule has 5 rings (SSSR count). The number of rotatable bonds is 5. The predicted molar refractivity (Wildman–Crippen MR) is 151 cm³/mol. The summed E-state index contributed by atoms with van der Waals surface area (Å²) < 4.78 is 7.85. The van der Waals surface area contributed by atoms with E-state index in [0.717, 1.165) is 43.1 Å². The molecule has 2 fully saturated rings. The SMILES string of the molecule is CC(C)c1cnc(N[C@H]2CCCN(C(=O)O)C2C(C)(C)C)nc1-c1nn(C2CCCCO2)c2nc(C#N)ccc12. The van der Waals surface area contributed by atoms with Gasteiger partial charge >= 0.3 is 6.09 Å². The Labute approximate surface area is 234 Å². The number of carboxylic acid groups (broad SMARTS) is 1. The molecule has 2 aliphatic heterocycles. The summed E-state index contributed by atoms with van der Waals surface area (Å²) in [6.07, 6.45) is 5.09. The normalized spacial score (nSPS) is 21.9. The van der Waals surface area contributed by atoms with Crippen LogP contribution >= 0.6 is 0 Å². The largest absolute Gasteiger partial charge is 0.465 e. The number of fused-ring (bicyclic) bond motifs is 1. The van der Waals surface area contributed by atoms with E-state index in [1.54, 1.807) is 15.6 Å². The van der Waals surface area contributed by atoms with Crippen LogP contribution in [0.2, 0.25) is 0 Å². The van der Waals surface area contributed by atoms with Gasteiger partial charge in [-0.05, 0) is 55.6 Å². The number of hydrogen-bond donors (Lipinski definition) is 2. The zero-order valence-corrected chi connectivity index (χ0v) is 23.9. The number of pyridine rings is 1. The van der Waals surface area contributed by atoms with Gasteiger partial charge in [-0.25, -0.2) is 24.4 Å². The predicted octanol–water partition coefficient (Wildman–Crippen LogP) is 5.55. The maximum atomic E-state index is 12.1. The van der Waals surface area contributed by atoms with Gasteiger partial charge in [-0.3, -0.25) is 0 Å². The van der Waals surface area contributed by atoms with Crippen molar-refractivity contribution < 1.29 is 14.6 Å². The lowest BCUT2D eigenvalue weighted by molar-refractivity contribution is -0.0368. The molecule has 3 aromatic heterocycles. The van der Waals surface area contributed by atoms with Gasteiger partial charge in [0.15, 0.2) is 11.9 Å². The molecule has 212 valence electrons. The van der Waals surface area contributed by atoms with Gasteiger partial charge in [-0.15, -0.1) is 0 Å². The molecule has 0 radical (unpaired) electrons. The fourth-order valence-electron chi connectivity index (χ4n) is 6.04. The summed E-state index contributed by atoms with van der Waals surface area (Å²) in [5.41, 5.74) is 2.93. The number of ether oxygens (including phenoxy) is 1. The molecule has 3 atom stereocenters. The molecule has 11 heteroatoms. The lowest BCUT2D eigenvalue weighted by atomic mass is 9.77. The molecule has 2 unspecified atom stereocenters. The highest BCUT2D eigenvalue weighted by Gasteiger charge is 2.42. The Morgan fingerprint density at radius 3 is 2.62 bits per heavy atom. The number of nitrogens with one attached hydrogen (secondary N) is 1. The first kappa shape index (κ1) is 27.8. The summed E-state index contributed by atoms with van der Waals surface area (Å²) >= 11 is 0. The first-order chi connectivity index (χ1) is 19.1. The molecule has 5 heterocycles. The number of nitrogens with zero attached hydrogens (tertiary/aromatic N) is 7. The molecule has 0 bridgehead atoms. The highest BCUT2D eigenvalue weighted by molar-refractivity contribution is 5.91. The van der Waals surface area contributed by atoms with Crippen LogP contribution in [0.25, 0.3) is 22.4 Å². The Kier molecular flexibility index (Phi) is 7.64. The topological polar surface area (TPSA) is 142 Å². The maximum Gasteiger partial charge on any atom is 0.407 e. The molecule has 0 spiro atoms. The van der Waals surface area contributed by atoms with Gasteiger partial charge in [0.05, 0.1) is 12.1 Å². The van der Waals surface area contributed by atoms with Crippen LogP contribution in [0.4, 0.5) is 10.7 Å². The van der Waals surface area contributed by atoms with Gasteiger partial charge in [-0.1, -0.05) is 34.6 Å². The van der Waals surface area contributed by atoms with E-state index in [1.165, 1.54) is 0 Å². The molecule has 1 amide bonds. The minimum Gasteiger partial charge on any atom is -0.465 e. The number of carbonyl (C=O) groups is 1. The van der Waals surface area contributed by atoms with E-state index in [0.29, 0.717) is 41.8 Å². The molecule has 0 aromatic carbocycles. The van der Waals surface area contributed by atoms with Crippen LogP contribution < -0.4 is 5.32 Å². The van der Waals surface area contributed by atoms with Crippen LogP contribution in [0, 0.1) is 16.7 Å². The summed E-state index contributed by atoms with van der Waals surface area (Å²) in [5.74, 6) is 0.560. The first-order valence-corrected chi connectivity index (χ1v) is 14.1. The minimum absolute atomic E-state index is 0.126. The van der Waals surface area contributed by atoms with Crippen LogP contribution in [0.1, 0.15) is 90.1 Å². The number of aromatic nitrogens is 5. The van der Waals surface area contributed by atoms with Crippen molar-refractivity contribution in [1.29, 1.82) is 5.26 Å². The quantitative estimate of drug-likeness (QED) is 0.421. The van der Waals surface area contributed by atoms with Gasteiger partial charge in [0.1, 0.15) is 23.2 Å². The molecule has 0 saturated carbocycles. The Morgan fingerprint density at radius 1 is 1.18 bits per heavy atom. The van der Waals surface area contributed by atoms with Crippen molar-refractivity contribution in [3.63, 3.8) is 0 Å². The molecular formula is C29H38N8O3. The third-order valence-corrected chi connectivity index (χ3v) is 7.84. The van der Waals surface area contributed by atoms with Crippen LogP contribution in [0.15, 0.2) is 18.3 Å². The Hall–Kier alpha value is -3.78. The van der Waals surface area contributed by atoms with Crippen molar-refractivity contribution in [3.05, 3.63) is 29.6 Å².